The first kappa shape index (κ1) is 10.5. The molecule has 1 aromatic carbocycles. The average molecular weight is 225 g/mol. The summed E-state index contributed by atoms with van der Waals surface area (Å²) < 4.78 is 0. The number of hydrogen-bond donors (Lipinski definition) is 0. The van der Waals surface area contributed by atoms with Gasteiger partial charge in [0.25, 0.3) is 0 Å². The van der Waals surface area contributed by atoms with Crippen molar-refractivity contribution in [2.45, 2.75) is 25.7 Å². The first-order valence-corrected chi connectivity index (χ1v) is 6.20. The van der Waals surface area contributed by atoms with Crippen molar-refractivity contribution in [1.82, 2.24) is 4.98 Å². The van der Waals surface area contributed by atoms with Gasteiger partial charge in [0, 0.05) is 23.9 Å². The highest BCUT2D eigenvalue weighted by Gasteiger charge is 2.25. The van der Waals surface area contributed by atoms with Gasteiger partial charge < -0.3 is 0 Å². The molecule has 0 N–H and O–H groups in total. The Morgan fingerprint density at radius 2 is 2.06 bits per heavy atom. The minimum Gasteiger partial charge on any atom is -0.299 e. The number of rotatable bonds is 3. The molecular weight excluding hydrogens is 210 g/mol. The maximum Gasteiger partial charge on any atom is 0.140 e. The Balaban J connectivity index is 1.91. The zero-order chi connectivity index (χ0) is 11.7. The first-order chi connectivity index (χ1) is 8.34. The molecule has 1 aromatic heterocycles. The summed E-state index contributed by atoms with van der Waals surface area (Å²) >= 11 is 0. The lowest BCUT2D eigenvalue weighted by atomic mass is 9.80. The lowest BCUT2D eigenvalue weighted by Crippen LogP contribution is -2.23. The molecule has 0 aliphatic heterocycles. The standard InChI is InChI=1S/C15H15NO/c17-15(11-4-3-5-11)10-12-8-9-16-14-7-2-1-6-13(12)14/h1-2,6-9,11H,3-5,10H2. The van der Waals surface area contributed by atoms with E-state index in [-0.39, 0.29) is 0 Å². The van der Waals surface area contributed by atoms with Crippen LogP contribution in [0.1, 0.15) is 24.8 Å². The number of fused-ring (bicyclic) bond motifs is 1. The number of nitrogens with zero attached hydrogens (tertiary/aromatic N) is 1. The molecule has 86 valence electrons. The van der Waals surface area contributed by atoms with E-state index in [4.69, 9.17) is 0 Å². The van der Waals surface area contributed by atoms with Gasteiger partial charge >= 0.3 is 0 Å². The molecule has 1 fully saturated rings. The average Bonchev–Trinajstić information content (AvgIpc) is 2.27. The summed E-state index contributed by atoms with van der Waals surface area (Å²) in [4.78, 5) is 16.3. The van der Waals surface area contributed by atoms with Crippen molar-refractivity contribution in [2.24, 2.45) is 5.92 Å². The van der Waals surface area contributed by atoms with Gasteiger partial charge in [-0.25, -0.2) is 0 Å². The van der Waals surface area contributed by atoms with E-state index < -0.39 is 0 Å². The molecule has 2 aromatic rings. The summed E-state index contributed by atoms with van der Waals surface area (Å²) in [5.74, 6) is 0.717. The highest BCUT2D eigenvalue weighted by molar-refractivity contribution is 5.90. The third-order valence-corrected chi connectivity index (χ3v) is 3.66. The quantitative estimate of drug-likeness (QED) is 0.803. The summed E-state index contributed by atoms with van der Waals surface area (Å²) in [6.07, 6.45) is 5.75. The van der Waals surface area contributed by atoms with Crippen LogP contribution in [-0.2, 0) is 11.2 Å². The third-order valence-electron chi connectivity index (χ3n) is 3.66. The molecule has 2 nitrogen and oxygen atoms in total. The Hall–Kier alpha value is -1.70. The van der Waals surface area contributed by atoms with E-state index in [1.54, 1.807) is 6.20 Å². The van der Waals surface area contributed by atoms with Crippen molar-refractivity contribution in [1.29, 1.82) is 0 Å². The smallest absolute Gasteiger partial charge is 0.140 e. The topological polar surface area (TPSA) is 30.0 Å². The van der Waals surface area contributed by atoms with E-state index in [2.05, 4.69) is 4.98 Å². The second-order valence-electron chi connectivity index (χ2n) is 4.76. The Labute approximate surface area is 101 Å². The Kier molecular flexibility index (Phi) is 2.63. The van der Waals surface area contributed by atoms with Crippen LogP contribution < -0.4 is 0 Å². The van der Waals surface area contributed by atoms with Crippen molar-refractivity contribution >= 4 is 16.7 Å². The maximum atomic E-state index is 12.0. The summed E-state index contributed by atoms with van der Waals surface area (Å²) in [6, 6.07) is 9.99. The minimum absolute atomic E-state index is 0.321. The van der Waals surface area contributed by atoms with Gasteiger partial charge in [-0.05, 0) is 30.5 Å². The van der Waals surface area contributed by atoms with E-state index >= 15 is 0 Å². The fraction of sp³-hybridized carbons (Fsp3) is 0.333. The van der Waals surface area contributed by atoms with Gasteiger partial charge in [-0.2, -0.15) is 0 Å². The second kappa shape index (κ2) is 4.28. The Bertz CT molecular complexity index is 552. The van der Waals surface area contributed by atoms with Crippen LogP contribution in [0.2, 0.25) is 0 Å². The van der Waals surface area contributed by atoms with Gasteiger partial charge in [0.05, 0.1) is 5.52 Å². The Morgan fingerprint density at radius 1 is 1.24 bits per heavy atom. The SMILES string of the molecule is O=C(Cc1ccnc2ccccc12)C1CCC1. The normalized spacial score (nSPS) is 15.8. The number of hydrogen-bond acceptors (Lipinski definition) is 2. The number of para-hydroxylation sites is 1. The predicted octanol–water partition coefficient (Wildman–Crippen LogP) is 3.15. The molecule has 0 atom stereocenters. The number of carbonyl (C=O) groups excluding carboxylic acids is 1. The van der Waals surface area contributed by atoms with Crippen LogP contribution >= 0.6 is 0 Å². The molecule has 0 amide bonds. The summed E-state index contributed by atoms with van der Waals surface area (Å²) in [5, 5.41) is 1.11. The molecule has 2 heteroatoms. The molecule has 0 unspecified atom stereocenters. The van der Waals surface area contributed by atoms with E-state index in [1.165, 1.54) is 6.42 Å². The number of pyridine rings is 1. The van der Waals surface area contributed by atoms with Gasteiger partial charge in [-0.1, -0.05) is 24.6 Å². The molecule has 1 saturated carbocycles. The predicted molar refractivity (Wildman–Crippen MR) is 67.8 cm³/mol. The molecule has 0 saturated heterocycles. The molecule has 0 radical (unpaired) electrons. The van der Waals surface area contributed by atoms with Crippen molar-refractivity contribution in [2.75, 3.05) is 0 Å². The van der Waals surface area contributed by atoms with Crippen molar-refractivity contribution in [3.63, 3.8) is 0 Å². The third kappa shape index (κ3) is 1.95. The maximum absolute atomic E-state index is 12.0. The lowest BCUT2D eigenvalue weighted by molar-refractivity contribution is -0.124. The van der Waals surface area contributed by atoms with E-state index in [1.807, 2.05) is 30.3 Å². The minimum atomic E-state index is 0.321. The molecule has 17 heavy (non-hydrogen) atoms. The second-order valence-corrected chi connectivity index (χ2v) is 4.76. The molecular formula is C15H15NO. The molecule has 1 heterocycles. The fourth-order valence-corrected chi connectivity index (χ4v) is 2.37. The number of benzene rings is 1. The zero-order valence-corrected chi connectivity index (χ0v) is 9.73. The fourth-order valence-electron chi connectivity index (χ4n) is 2.37. The summed E-state index contributed by atoms with van der Waals surface area (Å²) in [6.45, 7) is 0. The zero-order valence-electron chi connectivity index (χ0n) is 9.73. The van der Waals surface area contributed by atoms with E-state index in [0.29, 0.717) is 18.1 Å². The van der Waals surface area contributed by atoms with Crippen LogP contribution in [0.5, 0.6) is 0 Å². The lowest BCUT2D eigenvalue weighted by Gasteiger charge is -2.23. The molecule has 3 rings (SSSR count). The van der Waals surface area contributed by atoms with Crippen LogP contribution in [0.15, 0.2) is 36.5 Å². The van der Waals surface area contributed by atoms with Gasteiger partial charge in [-0.15, -0.1) is 0 Å². The number of Topliss-reactive ketones (excluding diaryl/α,β-unsaturated/α-hetero) is 1. The first-order valence-electron chi connectivity index (χ1n) is 6.20. The van der Waals surface area contributed by atoms with Crippen LogP contribution in [0.3, 0.4) is 0 Å². The molecule has 1 aliphatic rings. The highest BCUT2D eigenvalue weighted by Crippen LogP contribution is 2.29. The molecule has 0 bridgehead atoms. The summed E-state index contributed by atoms with van der Waals surface area (Å²) in [5.41, 5.74) is 2.10. The van der Waals surface area contributed by atoms with Crippen molar-refractivity contribution < 1.29 is 4.79 Å². The monoisotopic (exact) mass is 225 g/mol. The highest BCUT2D eigenvalue weighted by atomic mass is 16.1. The van der Waals surface area contributed by atoms with Crippen LogP contribution in [0.25, 0.3) is 10.9 Å². The number of aromatic nitrogens is 1. The van der Waals surface area contributed by atoms with Crippen LogP contribution in [0.4, 0.5) is 0 Å². The van der Waals surface area contributed by atoms with Gasteiger partial charge in [0.15, 0.2) is 0 Å². The number of ketones is 1. The summed E-state index contributed by atoms with van der Waals surface area (Å²) in [7, 11) is 0. The molecule has 1 aliphatic carbocycles. The van der Waals surface area contributed by atoms with Crippen LogP contribution in [-0.4, -0.2) is 10.8 Å². The largest absolute Gasteiger partial charge is 0.299 e. The number of carbonyl (C=O) groups is 1. The van der Waals surface area contributed by atoms with E-state index in [0.717, 1.165) is 29.3 Å². The van der Waals surface area contributed by atoms with Gasteiger partial charge in [-0.3, -0.25) is 9.78 Å². The van der Waals surface area contributed by atoms with Crippen molar-refractivity contribution in [3.05, 3.63) is 42.1 Å². The Morgan fingerprint density at radius 3 is 2.82 bits per heavy atom. The van der Waals surface area contributed by atoms with E-state index in [9.17, 15) is 4.79 Å². The van der Waals surface area contributed by atoms with Crippen molar-refractivity contribution in [3.8, 4) is 0 Å². The van der Waals surface area contributed by atoms with Gasteiger partial charge in [0.2, 0.25) is 0 Å². The van der Waals surface area contributed by atoms with Gasteiger partial charge in [0.1, 0.15) is 5.78 Å². The van der Waals surface area contributed by atoms with Crippen LogP contribution in [0, 0.1) is 5.92 Å². The molecule has 0 spiro atoms.